The molecular formula is C23H22ClN3OS. The number of aldehydes is 1. The Hall–Kier alpha value is -2.63. The third-order valence-corrected chi connectivity index (χ3v) is 5.91. The van der Waals surface area contributed by atoms with Crippen LogP contribution in [0.3, 0.4) is 0 Å². The second-order valence-corrected chi connectivity index (χ2v) is 8.18. The molecule has 0 aromatic heterocycles. The number of carbonyl (C=O) groups excluding carboxylic acids is 1. The summed E-state index contributed by atoms with van der Waals surface area (Å²) in [6, 6.07) is 11.9. The second-order valence-electron chi connectivity index (χ2n) is 6.71. The van der Waals surface area contributed by atoms with Crippen molar-refractivity contribution in [2.24, 2.45) is 10.1 Å². The number of benzene rings is 2. The number of thioether (sulfide) groups is 1. The first-order valence-electron chi connectivity index (χ1n) is 9.13. The van der Waals surface area contributed by atoms with Crippen LogP contribution in [0.15, 0.2) is 69.2 Å². The fourth-order valence-electron chi connectivity index (χ4n) is 3.13. The van der Waals surface area contributed by atoms with E-state index in [-0.39, 0.29) is 0 Å². The summed E-state index contributed by atoms with van der Waals surface area (Å²) in [7, 11) is 1.67. The highest BCUT2D eigenvalue weighted by Gasteiger charge is 2.20. The van der Waals surface area contributed by atoms with E-state index in [1.54, 1.807) is 36.2 Å². The van der Waals surface area contributed by atoms with E-state index < -0.39 is 0 Å². The highest BCUT2D eigenvalue weighted by molar-refractivity contribution is 8.14. The minimum atomic E-state index is 0.476. The summed E-state index contributed by atoms with van der Waals surface area (Å²) in [4.78, 5) is 17.3. The molecule has 1 aliphatic heterocycles. The Kier molecular flexibility index (Phi) is 6.72. The van der Waals surface area contributed by atoms with Gasteiger partial charge in [0.2, 0.25) is 0 Å². The fraction of sp³-hybridized carbons (Fsp3) is 0.174. The number of aliphatic imine (C=N–C) groups is 1. The van der Waals surface area contributed by atoms with Crippen LogP contribution in [-0.2, 0) is 4.79 Å². The highest BCUT2D eigenvalue weighted by atomic mass is 35.5. The van der Waals surface area contributed by atoms with Gasteiger partial charge in [-0.25, -0.2) is 5.01 Å². The first-order valence-corrected chi connectivity index (χ1v) is 10.3. The molecule has 0 atom stereocenters. The van der Waals surface area contributed by atoms with Gasteiger partial charge in [-0.15, -0.1) is 0 Å². The summed E-state index contributed by atoms with van der Waals surface area (Å²) in [5, 5.41) is 7.64. The molecule has 1 aliphatic rings. The van der Waals surface area contributed by atoms with Crippen LogP contribution >= 0.6 is 23.4 Å². The molecule has 0 fully saturated rings. The zero-order valence-electron chi connectivity index (χ0n) is 16.8. The maximum Gasteiger partial charge on any atom is 0.152 e. The van der Waals surface area contributed by atoms with Gasteiger partial charge in [0.05, 0.1) is 5.70 Å². The van der Waals surface area contributed by atoms with Gasteiger partial charge in [-0.3, -0.25) is 9.79 Å². The van der Waals surface area contributed by atoms with Gasteiger partial charge in [-0.1, -0.05) is 53.2 Å². The molecule has 148 valence electrons. The summed E-state index contributed by atoms with van der Waals surface area (Å²) in [5.41, 5.74) is 5.16. The van der Waals surface area contributed by atoms with Gasteiger partial charge < -0.3 is 0 Å². The van der Waals surface area contributed by atoms with Crippen molar-refractivity contribution in [3.8, 4) is 0 Å². The molecule has 0 saturated heterocycles. The van der Waals surface area contributed by atoms with E-state index in [1.165, 1.54) is 11.1 Å². The lowest BCUT2D eigenvalue weighted by Gasteiger charge is -2.23. The molecule has 0 radical (unpaired) electrons. The van der Waals surface area contributed by atoms with Gasteiger partial charge in [-0.05, 0) is 56.2 Å². The number of rotatable bonds is 4. The normalized spacial score (nSPS) is 15.6. The Bertz CT molecular complexity index is 1050. The monoisotopic (exact) mass is 423 g/mol. The molecule has 0 spiro atoms. The predicted octanol–water partition coefficient (Wildman–Crippen LogP) is 5.81. The average Bonchev–Trinajstić information content (AvgIpc) is 2.68. The fourth-order valence-corrected chi connectivity index (χ4v) is 4.30. The van der Waals surface area contributed by atoms with E-state index in [0.29, 0.717) is 21.9 Å². The van der Waals surface area contributed by atoms with E-state index in [9.17, 15) is 4.79 Å². The van der Waals surface area contributed by atoms with Crippen molar-refractivity contribution >= 4 is 46.6 Å². The van der Waals surface area contributed by atoms with E-state index in [2.05, 4.69) is 42.1 Å². The van der Waals surface area contributed by atoms with E-state index in [0.717, 1.165) is 21.8 Å². The minimum Gasteiger partial charge on any atom is -0.298 e. The Morgan fingerprint density at radius 2 is 1.93 bits per heavy atom. The van der Waals surface area contributed by atoms with Gasteiger partial charge in [-0.2, -0.15) is 5.10 Å². The van der Waals surface area contributed by atoms with Crippen LogP contribution in [0.4, 0.5) is 0 Å². The maximum atomic E-state index is 12.0. The van der Waals surface area contributed by atoms with Crippen molar-refractivity contribution in [2.45, 2.75) is 25.7 Å². The van der Waals surface area contributed by atoms with Crippen molar-refractivity contribution < 1.29 is 4.79 Å². The van der Waals surface area contributed by atoms with Crippen LogP contribution in [-0.4, -0.2) is 29.7 Å². The number of hydrogen-bond acceptors (Lipinski definition) is 4. The number of nitrogens with zero attached hydrogens (tertiary/aromatic N) is 3. The number of carbonyl (C=O) groups is 1. The highest BCUT2D eigenvalue weighted by Crippen LogP contribution is 2.33. The van der Waals surface area contributed by atoms with Gasteiger partial charge in [0.25, 0.3) is 0 Å². The van der Waals surface area contributed by atoms with Crippen LogP contribution in [0.5, 0.6) is 0 Å². The Labute approximate surface area is 180 Å². The van der Waals surface area contributed by atoms with Crippen LogP contribution in [0.1, 0.15) is 22.3 Å². The molecule has 6 heteroatoms. The minimum absolute atomic E-state index is 0.476. The lowest BCUT2D eigenvalue weighted by atomic mass is 9.99. The summed E-state index contributed by atoms with van der Waals surface area (Å²) < 4.78 is 0. The van der Waals surface area contributed by atoms with Gasteiger partial charge >= 0.3 is 0 Å². The van der Waals surface area contributed by atoms with Crippen LogP contribution in [0, 0.1) is 20.8 Å². The standard InChI is InChI=1S/C23H22ClN3OS/c1-15-8-10-21(17(3)12-15)29-22-11-9-20(27(26-22)14-25-4)18(13-28)23-16(2)6-5-7-19(23)24/h5-14H,1-4H3/b20-18+,25-14?. The van der Waals surface area contributed by atoms with Crippen LogP contribution in [0.2, 0.25) is 5.02 Å². The first-order chi connectivity index (χ1) is 13.9. The van der Waals surface area contributed by atoms with Gasteiger partial charge in [0, 0.05) is 28.1 Å². The third kappa shape index (κ3) is 4.69. The molecular weight excluding hydrogens is 402 g/mol. The number of halogens is 1. The molecule has 29 heavy (non-hydrogen) atoms. The Morgan fingerprint density at radius 1 is 1.14 bits per heavy atom. The first kappa shape index (κ1) is 21.1. The third-order valence-electron chi connectivity index (χ3n) is 4.49. The Balaban J connectivity index is 2.03. The summed E-state index contributed by atoms with van der Waals surface area (Å²) >= 11 is 7.98. The largest absolute Gasteiger partial charge is 0.298 e. The summed E-state index contributed by atoms with van der Waals surface area (Å²) in [6.45, 7) is 6.10. The van der Waals surface area contributed by atoms with Crippen molar-refractivity contribution in [1.82, 2.24) is 5.01 Å². The van der Waals surface area contributed by atoms with Crippen molar-refractivity contribution in [2.75, 3.05) is 7.05 Å². The molecule has 0 amide bonds. The Morgan fingerprint density at radius 3 is 2.59 bits per heavy atom. The summed E-state index contributed by atoms with van der Waals surface area (Å²) in [6.07, 6.45) is 6.21. The van der Waals surface area contributed by atoms with Gasteiger partial charge in [0.15, 0.2) is 6.29 Å². The van der Waals surface area contributed by atoms with E-state index in [4.69, 9.17) is 11.6 Å². The number of hydrogen-bond donors (Lipinski definition) is 0. The molecule has 0 bridgehead atoms. The SMILES string of the molecule is CN=CN1N=C(Sc2ccc(C)cc2C)C=C/C1=C(/C=O)c1c(C)cccc1Cl. The number of hydrazone groups is 1. The molecule has 1 heterocycles. The molecule has 4 nitrogen and oxygen atoms in total. The number of aryl methyl sites for hydroxylation is 3. The molecule has 0 saturated carbocycles. The lowest BCUT2D eigenvalue weighted by molar-refractivity contribution is -0.103. The quantitative estimate of drug-likeness (QED) is 0.270. The molecule has 0 N–H and O–H groups in total. The average molecular weight is 424 g/mol. The van der Waals surface area contributed by atoms with E-state index >= 15 is 0 Å². The maximum absolute atomic E-state index is 12.0. The van der Waals surface area contributed by atoms with Crippen molar-refractivity contribution in [3.63, 3.8) is 0 Å². The molecule has 0 aliphatic carbocycles. The zero-order chi connectivity index (χ0) is 21.0. The topological polar surface area (TPSA) is 45.0 Å². The summed E-state index contributed by atoms with van der Waals surface area (Å²) in [5.74, 6) is 0. The van der Waals surface area contributed by atoms with Gasteiger partial charge in [0.1, 0.15) is 11.4 Å². The lowest BCUT2D eigenvalue weighted by Crippen LogP contribution is -2.20. The smallest absolute Gasteiger partial charge is 0.152 e. The molecule has 0 unspecified atom stereocenters. The van der Waals surface area contributed by atoms with E-state index in [1.807, 2.05) is 31.2 Å². The van der Waals surface area contributed by atoms with Crippen molar-refractivity contribution in [1.29, 1.82) is 0 Å². The predicted molar refractivity (Wildman–Crippen MR) is 124 cm³/mol. The van der Waals surface area contributed by atoms with Crippen LogP contribution in [0.25, 0.3) is 5.57 Å². The van der Waals surface area contributed by atoms with Crippen LogP contribution < -0.4 is 0 Å². The molecule has 2 aromatic rings. The molecule has 2 aromatic carbocycles. The number of allylic oxidation sites excluding steroid dienone is 2. The zero-order valence-corrected chi connectivity index (χ0v) is 18.4. The molecule has 3 rings (SSSR count). The van der Waals surface area contributed by atoms with Crippen molar-refractivity contribution in [3.05, 3.63) is 81.5 Å². The second kappa shape index (κ2) is 9.25.